The van der Waals surface area contributed by atoms with Crippen molar-refractivity contribution >= 4 is 5.69 Å². The lowest BCUT2D eigenvalue weighted by atomic mass is 10.0. The van der Waals surface area contributed by atoms with Gasteiger partial charge in [-0.3, -0.25) is 0 Å². The molecule has 1 aliphatic rings. The highest BCUT2D eigenvalue weighted by atomic mass is 16.5. The Hall–Kier alpha value is -1.22. The molecule has 0 radical (unpaired) electrons. The highest BCUT2D eigenvalue weighted by Gasteiger charge is 2.19. The number of nitrogens with zero attached hydrogens (tertiary/aromatic N) is 1. The van der Waals surface area contributed by atoms with Gasteiger partial charge in [0.2, 0.25) is 0 Å². The highest BCUT2D eigenvalue weighted by molar-refractivity contribution is 5.60. The van der Waals surface area contributed by atoms with Gasteiger partial charge < -0.3 is 15.4 Å². The molecule has 2 N–H and O–H groups in total. The molecule has 2 rings (SSSR count). The fourth-order valence-electron chi connectivity index (χ4n) is 2.76. The van der Waals surface area contributed by atoms with Crippen molar-refractivity contribution in [2.45, 2.75) is 52.0 Å². The molecule has 1 saturated heterocycles. The Morgan fingerprint density at radius 1 is 1.35 bits per heavy atom. The Morgan fingerprint density at radius 2 is 2.20 bits per heavy atom. The van der Waals surface area contributed by atoms with Crippen LogP contribution in [0.2, 0.25) is 0 Å². The van der Waals surface area contributed by atoms with Gasteiger partial charge in [0.25, 0.3) is 0 Å². The Balaban J connectivity index is 2.06. The standard InChI is InChI=1S/C17H28N2O/c1-3-4-5-11-20-17-9-8-14(2)12-16(17)19-10-6-7-15(18)13-19/h8-9,12,15H,3-7,10-11,13,18H2,1-2H3. The minimum Gasteiger partial charge on any atom is -0.491 e. The smallest absolute Gasteiger partial charge is 0.142 e. The Bertz CT molecular complexity index is 419. The van der Waals surface area contributed by atoms with Crippen LogP contribution in [0.25, 0.3) is 0 Å². The van der Waals surface area contributed by atoms with Gasteiger partial charge in [-0.2, -0.15) is 0 Å². The van der Waals surface area contributed by atoms with E-state index in [1.54, 1.807) is 0 Å². The van der Waals surface area contributed by atoms with Crippen molar-refractivity contribution in [1.82, 2.24) is 0 Å². The van der Waals surface area contributed by atoms with E-state index in [0.717, 1.165) is 38.3 Å². The largest absolute Gasteiger partial charge is 0.491 e. The predicted molar refractivity (Wildman–Crippen MR) is 85.6 cm³/mol. The first-order chi connectivity index (χ1) is 9.70. The lowest BCUT2D eigenvalue weighted by molar-refractivity contribution is 0.305. The zero-order valence-corrected chi connectivity index (χ0v) is 12.9. The van der Waals surface area contributed by atoms with Crippen molar-refractivity contribution in [1.29, 1.82) is 0 Å². The van der Waals surface area contributed by atoms with Crippen molar-refractivity contribution in [3.8, 4) is 5.75 Å². The molecule has 0 saturated carbocycles. The average Bonchev–Trinajstić information content (AvgIpc) is 2.45. The van der Waals surface area contributed by atoms with Gasteiger partial charge in [0.15, 0.2) is 0 Å². The topological polar surface area (TPSA) is 38.5 Å². The molecular weight excluding hydrogens is 248 g/mol. The number of hydrogen-bond acceptors (Lipinski definition) is 3. The second-order valence-corrected chi connectivity index (χ2v) is 5.88. The molecule has 0 amide bonds. The molecule has 20 heavy (non-hydrogen) atoms. The van der Waals surface area contributed by atoms with Gasteiger partial charge in [-0.1, -0.05) is 25.8 Å². The van der Waals surface area contributed by atoms with Gasteiger partial charge in [-0.05, 0) is 43.9 Å². The summed E-state index contributed by atoms with van der Waals surface area (Å²) in [5.74, 6) is 1.01. The second kappa shape index (κ2) is 7.53. The van der Waals surface area contributed by atoms with Crippen LogP contribution in [0.1, 0.15) is 44.6 Å². The number of rotatable bonds is 6. The first-order valence-electron chi connectivity index (χ1n) is 7.94. The molecule has 1 fully saturated rings. The van der Waals surface area contributed by atoms with Gasteiger partial charge in [-0.25, -0.2) is 0 Å². The van der Waals surface area contributed by atoms with Gasteiger partial charge in [0.1, 0.15) is 5.75 Å². The predicted octanol–water partition coefficient (Wildman–Crippen LogP) is 3.49. The number of hydrogen-bond donors (Lipinski definition) is 1. The lowest BCUT2D eigenvalue weighted by Crippen LogP contribution is -2.43. The van der Waals surface area contributed by atoms with Gasteiger partial charge >= 0.3 is 0 Å². The molecule has 1 unspecified atom stereocenters. The van der Waals surface area contributed by atoms with Crippen molar-refractivity contribution in [3.63, 3.8) is 0 Å². The molecule has 3 heteroatoms. The molecular formula is C17H28N2O. The maximum Gasteiger partial charge on any atom is 0.142 e. The van der Waals surface area contributed by atoms with E-state index in [4.69, 9.17) is 10.5 Å². The van der Waals surface area contributed by atoms with E-state index < -0.39 is 0 Å². The third-order valence-corrected chi connectivity index (χ3v) is 3.92. The van der Waals surface area contributed by atoms with E-state index in [-0.39, 0.29) is 6.04 Å². The summed E-state index contributed by atoms with van der Waals surface area (Å²) in [5.41, 5.74) is 8.60. The third-order valence-electron chi connectivity index (χ3n) is 3.92. The molecule has 0 spiro atoms. The molecule has 112 valence electrons. The average molecular weight is 276 g/mol. The minimum atomic E-state index is 0.289. The van der Waals surface area contributed by atoms with E-state index in [1.165, 1.54) is 30.5 Å². The zero-order valence-electron chi connectivity index (χ0n) is 12.9. The molecule has 1 atom stereocenters. The summed E-state index contributed by atoms with van der Waals surface area (Å²) in [6.45, 7) is 7.18. The Kier molecular flexibility index (Phi) is 5.72. The summed E-state index contributed by atoms with van der Waals surface area (Å²) in [6, 6.07) is 6.75. The molecule has 1 aliphatic heterocycles. The van der Waals surface area contributed by atoms with Crippen LogP contribution in [-0.2, 0) is 0 Å². The van der Waals surface area contributed by atoms with E-state index in [2.05, 4.69) is 36.9 Å². The maximum absolute atomic E-state index is 6.11. The van der Waals surface area contributed by atoms with Crippen LogP contribution in [0.3, 0.4) is 0 Å². The number of piperidine rings is 1. The van der Waals surface area contributed by atoms with Crippen LogP contribution in [0.5, 0.6) is 5.75 Å². The molecule has 3 nitrogen and oxygen atoms in total. The molecule has 0 bridgehead atoms. The maximum atomic E-state index is 6.11. The first-order valence-corrected chi connectivity index (χ1v) is 7.94. The van der Waals surface area contributed by atoms with Crippen LogP contribution in [0.4, 0.5) is 5.69 Å². The van der Waals surface area contributed by atoms with Gasteiger partial charge in [0, 0.05) is 19.1 Å². The van der Waals surface area contributed by atoms with Gasteiger partial charge in [0.05, 0.1) is 12.3 Å². The molecule has 1 aromatic rings. The fourth-order valence-corrected chi connectivity index (χ4v) is 2.76. The number of unbranched alkanes of at least 4 members (excludes halogenated alkanes) is 2. The highest BCUT2D eigenvalue weighted by Crippen LogP contribution is 2.31. The molecule has 0 aromatic heterocycles. The van der Waals surface area contributed by atoms with Crippen molar-refractivity contribution in [2.24, 2.45) is 5.73 Å². The monoisotopic (exact) mass is 276 g/mol. The third kappa shape index (κ3) is 4.14. The van der Waals surface area contributed by atoms with Crippen molar-refractivity contribution in [2.75, 3.05) is 24.6 Å². The van der Waals surface area contributed by atoms with Crippen LogP contribution in [0.15, 0.2) is 18.2 Å². The van der Waals surface area contributed by atoms with Crippen molar-refractivity contribution in [3.05, 3.63) is 23.8 Å². The van der Waals surface area contributed by atoms with Crippen molar-refractivity contribution < 1.29 is 4.74 Å². The summed E-state index contributed by atoms with van der Waals surface area (Å²) in [5, 5.41) is 0. The van der Waals surface area contributed by atoms with Crippen LogP contribution < -0.4 is 15.4 Å². The number of ether oxygens (including phenoxy) is 1. The molecule has 1 aromatic carbocycles. The lowest BCUT2D eigenvalue weighted by Gasteiger charge is -2.33. The number of anilines is 1. The van der Waals surface area contributed by atoms with E-state index >= 15 is 0 Å². The molecule has 0 aliphatic carbocycles. The summed E-state index contributed by atoms with van der Waals surface area (Å²) < 4.78 is 6.00. The molecule has 1 heterocycles. The van der Waals surface area contributed by atoms with Crippen LogP contribution >= 0.6 is 0 Å². The quantitative estimate of drug-likeness (QED) is 0.808. The number of nitrogens with two attached hydrogens (primary N) is 1. The number of benzene rings is 1. The Labute approximate surface area is 123 Å². The van der Waals surface area contributed by atoms with E-state index in [9.17, 15) is 0 Å². The number of aryl methyl sites for hydroxylation is 1. The minimum absolute atomic E-state index is 0.289. The van der Waals surface area contributed by atoms with Crippen LogP contribution in [-0.4, -0.2) is 25.7 Å². The second-order valence-electron chi connectivity index (χ2n) is 5.88. The first kappa shape index (κ1) is 15.2. The Morgan fingerprint density at radius 3 is 2.95 bits per heavy atom. The summed E-state index contributed by atoms with van der Waals surface area (Å²) in [7, 11) is 0. The van der Waals surface area contributed by atoms with E-state index in [1.807, 2.05) is 0 Å². The van der Waals surface area contributed by atoms with E-state index in [0.29, 0.717) is 0 Å². The SMILES string of the molecule is CCCCCOc1ccc(C)cc1N1CCCC(N)C1. The summed E-state index contributed by atoms with van der Waals surface area (Å²) >= 11 is 0. The van der Waals surface area contributed by atoms with Crippen LogP contribution in [0, 0.1) is 6.92 Å². The normalized spacial score (nSPS) is 19.1. The summed E-state index contributed by atoms with van der Waals surface area (Å²) in [6.07, 6.45) is 5.89. The summed E-state index contributed by atoms with van der Waals surface area (Å²) in [4.78, 5) is 2.39. The zero-order chi connectivity index (χ0) is 14.4. The fraction of sp³-hybridized carbons (Fsp3) is 0.647. The van der Waals surface area contributed by atoms with Gasteiger partial charge in [-0.15, -0.1) is 0 Å².